The Bertz CT molecular complexity index is 823. The third kappa shape index (κ3) is 3.57. The van der Waals surface area contributed by atoms with E-state index in [0.29, 0.717) is 18.4 Å². The van der Waals surface area contributed by atoms with Crippen molar-refractivity contribution in [1.82, 2.24) is 15.0 Å². The molecule has 0 radical (unpaired) electrons. The smallest absolute Gasteiger partial charge is 0.221 e. The summed E-state index contributed by atoms with van der Waals surface area (Å²) in [5.74, 6) is 1.12. The normalized spacial score (nSPS) is 14.0. The summed E-state index contributed by atoms with van der Waals surface area (Å²) in [5.41, 5.74) is 8.80. The zero-order valence-corrected chi connectivity index (χ0v) is 14.4. The number of fused-ring (bicyclic) bond motifs is 1. The third-order valence-electron chi connectivity index (χ3n) is 3.93. The molecule has 0 aliphatic carbocycles. The lowest BCUT2D eigenvalue weighted by molar-refractivity contribution is 0.201. The van der Waals surface area contributed by atoms with Crippen LogP contribution in [0.25, 0.3) is 22.2 Å². The molecule has 0 fully saturated rings. The van der Waals surface area contributed by atoms with Gasteiger partial charge in [-0.15, -0.1) is 0 Å². The van der Waals surface area contributed by atoms with Gasteiger partial charge in [0.2, 0.25) is 5.88 Å². The molecule has 5 nitrogen and oxygen atoms in total. The first-order valence-corrected chi connectivity index (χ1v) is 8.25. The van der Waals surface area contributed by atoms with Crippen molar-refractivity contribution in [1.29, 1.82) is 0 Å². The van der Waals surface area contributed by atoms with Crippen molar-refractivity contribution >= 4 is 11.0 Å². The monoisotopic (exact) mass is 324 g/mol. The van der Waals surface area contributed by atoms with E-state index < -0.39 is 0 Å². The van der Waals surface area contributed by atoms with E-state index in [1.165, 1.54) is 0 Å². The third-order valence-corrected chi connectivity index (χ3v) is 3.93. The van der Waals surface area contributed by atoms with Gasteiger partial charge in [-0.25, -0.2) is 9.97 Å². The quantitative estimate of drug-likeness (QED) is 0.723. The molecule has 0 unspecified atom stereocenters. The number of nitrogens with one attached hydrogen (secondary N) is 1. The van der Waals surface area contributed by atoms with E-state index in [2.05, 4.69) is 28.8 Å². The number of hydrogen-bond donors (Lipinski definition) is 2. The standard InChI is InChI=1S/C19H24N4O/c1-13(2)10-19(3,20)12-24-18-15(7-5-9-22-18)16-11-23-17-14(16)6-4-8-21-17/h4-9,11,13H,10,12,20H2,1-3H3,(H,21,23)/t19-/m0/s1. The van der Waals surface area contributed by atoms with Crippen LogP contribution < -0.4 is 10.5 Å². The van der Waals surface area contributed by atoms with Crippen LogP contribution >= 0.6 is 0 Å². The van der Waals surface area contributed by atoms with Crippen molar-refractivity contribution in [2.24, 2.45) is 11.7 Å². The van der Waals surface area contributed by atoms with Gasteiger partial charge in [-0.1, -0.05) is 13.8 Å². The van der Waals surface area contributed by atoms with Crippen LogP contribution in [0.3, 0.4) is 0 Å². The number of pyridine rings is 2. The van der Waals surface area contributed by atoms with Crippen molar-refractivity contribution in [2.75, 3.05) is 6.61 Å². The Hall–Kier alpha value is -2.40. The molecule has 24 heavy (non-hydrogen) atoms. The molecule has 3 aromatic heterocycles. The number of nitrogens with zero attached hydrogens (tertiary/aromatic N) is 2. The first-order chi connectivity index (χ1) is 11.5. The maximum atomic E-state index is 6.36. The van der Waals surface area contributed by atoms with Crippen LogP contribution in [0.1, 0.15) is 27.2 Å². The van der Waals surface area contributed by atoms with Gasteiger partial charge in [-0.2, -0.15) is 0 Å². The van der Waals surface area contributed by atoms with Crippen molar-refractivity contribution in [3.05, 3.63) is 42.9 Å². The molecule has 3 N–H and O–H groups in total. The lowest BCUT2D eigenvalue weighted by atomic mass is 9.93. The fourth-order valence-electron chi connectivity index (χ4n) is 3.11. The van der Waals surface area contributed by atoms with E-state index in [1.807, 2.05) is 37.4 Å². The van der Waals surface area contributed by atoms with Crippen LogP contribution in [0, 0.1) is 5.92 Å². The second kappa shape index (κ2) is 6.61. The van der Waals surface area contributed by atoms with E-state index in [4.69, 9.17) is 10.5 Å². The summed E-state index contributed by atoms with van der Waals surface area (Å²) in [6, 6.07) is 7.88. The summed E-state index contributed by atoms with van der Waals surface area (Å²) in [5, 5.41) is 1.05. The highest BCUT2D eigenvalue weighted by atomic mass is 16.5. The first kappa shape index (κ1) is 16.5. The molecule has 3 aromatic rings. The van der Waals surface area contributed by atoms with Gasteiger partial charge in [-0.3, -0.25) is 0 Å². The average Bonchev–Trinajstić information content (AvgIpc) is 2.96. The van der Waals surface area contributed by atoms with E-state index in [-0.39, 0.29) is 5.54 Å². The van der Waals surface area contributed by atoms with Crippen molar-refractivity contribution in [3.8, 4) is 17.0 Å². The van der Waals surface area contributed by atoms with Gasteiger partial charge < -0.3 is 15.5 Å². The fraction of sp³-hybridized carbons (Fsp3) is 0.368. The largest absolute Gasteiger partial charge is 0.475 e. The number of aromatic nitrogens is 3. The van der Waals surface area contributed by atoms with Crippen molar-refractivity contribution < 1.29 is 4.74 Å². The number of ether oxygens (including phenoxy) is 1. The van der Waals surface area contributed by atoms with Crippen LogP contribution in [0.2, 0.25) is 0 Å². The van der Waals surface area contributed by atoms with Gasteiger partial charge in [0.1, 0.15) is 12.3 Å². The lowest BCUT2D eigenvalue weighted by Crippen LogP contribution is -2.43. The molecule has 0 saturated heterocycles. The maximum Gasteiger partial charge on any atom is 0.221 e. The number of aromatic amines is 1. The number of H-pyrrole nitrogens is 1. The molecule has 0 aromatic carbocycles. The predicted octanol–water partition coefficient (Wildman–Crippen LogP) is 3.77. The zero-order valence-electron chi connectivity index (χ0n) is 14.4. The Kier molecular flexibility index (Phi) is 4.53. The van der Waals surface area contributed by atoms with E-state index in [0.717, 1.165) is 28.6 Å². The van der Waals surface area contributed by atoms with E-state index >= 15 is 0 Å². The van der Waals surface area contributed by atoms with Crippen LogP contribution in [0.5, 0.6) is 5.88 Å². The van der Waals surface area contributed by atoms with Crippen LogP contribution in [0.15, 0.2) is 42.9 Å². The van der Waals surface area contributed by atoms with E-state index in [1.54, 1.807) is 12.4 Å². The summed E-state index contributed by atoms with van der Waals surface area (Å²) < 4.78 is 6.01. The molecule has 5 heteroatoms. The van der Waals surface area contributed by atoms with Crippen molar-refractivity contribution in [2.45, 2.75) is 32.7 Å². The summed E-state index contributed by atoms with van der Waals surface area (Å²) in [7, 11) is 0. The minimum atomic E-state index is -0.384. The Balaban J connectivity index is 1.89. The van der Waals surface area contributed by atoms with Gasteiger partial charge in [0.15, 0.2) is 0 Å². The highest BCUT2D eigenvalue weighted by Crippen LogP contribution is 2.33. The molecule has 126 valence electrons. The molecule has 0 aliphatic rings. The maximum absolute atomic E-state index is 6.36. The summed E-state index contributed by atoms with van der Waals surface area (Å²) in [6.07, 6.45) is 6.35. The lowest BCUT2D eigenvalue weighted by Gasteiger charge is -2.26. The molecule has 0 amide bonds. The van der Waals surface area contributed by atoms with Gasteiger partial charge >= 0.3 is 0 Å². The van der Waals surface area contributed by atoms with Gasteiger partial charge in [0.25, 0.3) is 0 Å². The Morgan fingerprint density at radius 3 is 2.71 bits per heavy atom. The predicted molar refractivity (Wildman–Crippen MR) is 96.9 cm³/mol. The molecular weight excluding hydrogens is 300 g/mol. The van der Waals surface area contributed by atoms with Gasteiger partial charge in [0, 0.05) is 40.6 Å². The fourth-order valence-corrected chi connectivity index (χ4v) is 3.11. The number of nitrogens with two attached hydrogens (primary N) is 1. The SMILES string of the molecule is CC(C)C[C@](C)(N)COc1ncccc1-c1c[nH]c2ncccc12. The topological polar surface area (TPSA) is 76.8 Å². The molecular formula is C19H24N4O. The van der Waals surface area contributed by atoms with Crippen LogP contribution in [0.4, 0.5) is 0 Å². The summed E-state index contributed by atoms with van der Waals surface area (Å²) in [4.78, 5) is 11.9. The van der Waals surface area contributed by atoms with Gasteiger partial charge in [0.05, 0.1) is 0 Å². The van der Waals surface area contributed by atoms with Gasteiger partial charge in [-0.05, 0) is 43.5 Å². The molecule has 1 atom stereocenters. The van der Waals surface area contributed by atoms with Crippen molar-refractivity contribution in [3.63, 3.8) is 0 Å². The molecule has 0 spiro atoms. The highest BCUT2D eigenvalue weighted by molar-refractivity contribution is 5.94. The number of rotatable bonds is 6. The first-order valence-electron chi connectivity index (χ1n) is 8.25. The minimum Gasteiger partial charge on any atom is -0.475 e. The highest BCUT2D eigenvalue weighted by Gasteiger charge is 2.22. The summed E-state index contributed by atoms with van der Waals surface area (Å²) >= 11 is 0. The molecule has 0 aliphatic heterocycles. The Labute approximate surface area is 142 Å². The van der Waals surface area contributed by atoms with Crippen LogP contribution in [-0.4, -0.2) is 27.1 Å². The molecule has 0 bridgehead atoms. The minimum absolute atomic E-state index is 0.384. The summed E-state index contributed by atoms with van der Waals surface area (Å²) in [6.45, 7) is 6.77. The zero-order chi connectivity index (χ0) is 17.2. The Morgan fingerprint density at radius 1 is 1.17 bits per heavy atom. The Morgan fingerprint density at radius 2 is 1.92 bits per heavy atom. The second-order valence-electron chi connectivity index (χ2n) is 7.00. The second-order valence-corrected chi connectivity index (χ2v) is 7.00. The van der Waals surface area contributed by atoms with E-state index in [9.17, 15) is 0 Å². The number of hydrogen-bond acceptors (Lipinski definition) is 4. The molecule has 0 saturated carbocycles. The molecule has 3 heterocycles. The molecule has 3 rings (SSSR count). The van der Waals surface area contributed by atoms with Crippen LogP contribution in [-0.2, 0) is 0 Å². The average molecular weight is 324 g/mol.